The molecule has 3 heteroatoms. The Kier molecular flexibility index (Phi) is 7.82. The second-order valence-corrected chi connectivity index (χ2v) is 14.5. The molecule has 11 rings (SSSR count). The molecule has 268 valence electrons. The van der Waals surface area contributed by atoms with E-state index in [1.165, 1.54) is 21.9 Å². The lowest BCUT2D eigenvalue weighted by Gasteiger charge is -2.30. The van der Waals surface area contributed by atoms with Crippen molar-refractivity contribution in [3.63, 3.8) is 0 Å². The molecule has 0 aliphatic heterocycles. The van der Waals surface area contributed by atoms with Crippen molar-refractivity contribution < 1.29 is 4.42 Å². The van der Waals surface area contributed by atoms with Crippen LogP contribution in [0.1, 0.15) is 0 Å². The van der Waals surface area contributed by atoms with Crippen LogP contribution in [-0.4, -0.2) is 4.57 Å². The van der Waals surface area contributed by atoms with Crippen LogP contribution in [0.25, 0.3) is 82.8 Å². The Morgan fingerprint density at radius 2 is 0.947 bits per heavy atom. The third kappa shape index (κ3) is 5.43. The molecule has 0 spiro atoms. The van der Waals surface area contributed by atoms with E-state index in [0.717, 1.165) is 78.0 Å². The van der Waals surface area contributed by atoms with E-state index in [0.29, 0.717) is 0 Å². The average molecular weight is 729 g/mol. The molecule has 0 amide bonds. The van der Waals surface area contributed by atoms with Gasteiger partial charge in [-0.2, -0.15) is 0 Å². The van der Waals surface area contributed by atoms with E-state index in [1.807, 2.05) is 6.07 Å². The van der Waals surface area contributed by atoms with E-state index in [4.69, 9.17) is 4.42 Å². The summed E-state index contributed by atoms with van der Waals surface area (Å²) in [5.74, 6) is 0. The number of furan rings is 1. The fourth-order valence-electron chi connectivity index (χ4n) is 8.76. The predicted molar refractivity (Wildman–Crippen MR) is 239 cm³/mol. The van der Waals surface area contributed by atoms with Gasteiger partial charge >= 0.3 is 0 Å². The lowest BCUT2D eigenvalue weighted by molar-refractivity contribution is 0.669. The summed E-state index contributed by atoms with van der Waals surface area (Å²) in [5, 5.41) is 4.61. The number of benzene rings is 9. The first-order valence-electron chi connectivity index (χ1n) is 19.4. The molecule has 0 saturated heterocycles. The largest absolute Gasteiger partial charge is 0.456 e. The maximum atomic E-state index is 6.45. The molecule has 0 unspecified atom stereocenters. The van der Waals surface area contributed by atoms with Crippen molar-refractivity contribution >= 4 is 60.8 Å². The highest BCUT2D eigenvalue weighted by molar-refractivity contribution is 6.18. The van der Waals surface area contributed by atoms with E-state index < -0.39 is 0 Å². The summed E-state index contributed by atoms with van der Waals surface area (Å²) in [5.41, 5.74) is 15.3. The van der Waals surface area contributed by atoms with Gasteiger partial charge in [-0.1, -0.05) is 158 Å². The van der Waals surface area contributed by atoms with Crippen LogP contribution in [0.5, 0.6) is 0 Å². The molecule has 9 aromatic carbocycles. The normalized spacial score (nSPS) is 11.5. The molecular formula is C54H36N2O. The number of hydrogen-bond donors (Lipinski definition) is 0. The van der Waals surface area contributed by atoms with Gasteiger partial charge in [-0.25, -0.2) is 0 Å². The van der Waals surface area contributed by atoms with Crippen LogP contribution in [0.15, 0.2) is 223 Å². The van der Waals surface area contributed by atoms with Crippen LogP contribution in [0, 0.1) is 0 Å². The summed E-state index contributed by atoms with van der Waals surface area (Å²) in [4.78, 5) is 2.48. The molecule has 0 N–H and O–H groups in total. The van der Waals surface area contributed by atoms with Gasteiger partial charge in [0.1, 0.15) is 11.2 Å². The minimum absolute atomic E-state index is 0.879. The SMILES string of the molecule is c1ccc(-c2cccc(N(c3cccc(-c4cccc5oc6ccccc6c45)c3-c3ccccc3)c3cccc4c3c3ccccc3n4-c3ccccc3)c2)cc1. The molecule has 0 bridgehead atoms. The second kappa shape index (κ2) is 13.6. The second-order valence-electron chi connectivity index (χ2n) is 14.5. The summed E-state index contributed by atoms with van der Waals surface area (Å²) in [6.07, 6.45) is 0. The summed E-state index contributed by atoms with van der Waals surface area (Å²) >= 11 is 0. The third-order valence-electron chi connectivity index (χ3n) is 11.2. The minimum Gasteiger partial charge on any atom is -0.456 e. The summed E-state index contributed by atoms with van der Waals surface area (Å²) < 4.78 is 8.84. The maximum absolute atomic E-state index is 6.45. The van der Waals surface area contributed by atoms with E-state index in [9.17, 15) is 0 Å². The lowest BCUT2D eigenvalue weighted by Crippen LogP contribution is -2.12. The van der Waals surface area contributed by atoms with Gasteiger partial charge < -0.3 is 13.9 Å². The zero-order valence-electron chi connectivity index (χ0n) is 31.1. The minimum atomic E-state index is 0.879. The van der Waals surface area contributed by atoms with E-state index in [2.05, 4.69) is 222 Å². The first kappa shape index (κ1) is 32.8. The molecule has 2 heterocycles. The Balaban J connectivity index is 1.26. The Bertz CT molecular complexity index is 3230. The van der Waals surface area contributed by atoms with Gasteiger partial charge in [-0.15, -0.1) is 0 Å². The Hall–Kier alpha value is -7.62. The van der Waals surface area contributed by atoms with Gasteiger partial charge in [-0.05, 0) is 88.5 Å². The molecule has 2 aromatic heterocycles. The summed E-state index contributed by atoms with van der Waals surface area (Å²) in [7, 11) is 0. The van der Waals surface area contributed by atoms with E-state index in [1.54, 1.807) is 0 Å². The van der Waals surface area contributed by atoms with Crippen LogP contribution in [-0.2, 0) is 0 Å². The first-order valence-corrected chi connectivity index (χ1v) is 19.4. The lowest BCUT2D eigenvalue weighted by atomic mass is 9.89. The van der Waals surface area contributed by atoms with Crippen molar-refractivity contribution in [2.75, 3.05) is 4.90 Å². The topological polar surface area (TPSA) is 21.3 Å². The molecule has 0 aliphatic carbocycles. The van der Waals surface area contributed by atoms with Gasteiger partial charge in [0.15, 0.2) is 0 Å². The number of rotatable bonds is 7. The zero-order valence-corrected chi connectivity index (χ0v) is 31.1. The van der Waals surface area contributed by atoms with Crippen molar-refractivity contribution in [1.82, 2.24) is 4.57 Å². The molecule has 0 aliphatic rings. The van der Waals surface area contributed by atoms with Crippen molar-refractivity contribution in [2.24, 2.45) is 0 Å². The number of anilines is 3. The molecule has 0 atom stereocenters. The Morgan fingerprint density at radius 1 is 0.368 bits per heavy atom. The third-order valence-corrected chi connectivity index (χ3v) is 11.2. The first-order chi connectivity index (χ1) is 28.3. The zero-order chi connectivity index (χ0) is 37.7. The fraction of sp³-hybridized carbons (Fsp3) is 0. The maximum Gasteiger partial charge on any atom is 0.136 e. The van der Waals surface area contributed by atoms with Gasteiger partial charge in [0.25, 0.3) is 0 Å². The van der Waals surface area contributed by atoms with Gasteiger partial charge in [-0.3, -0.25) is 0 Å². The van der Waals surface area contributed by atoms with Crippen LogP contribution in [0.4, 0.5) is 17.1 Å². The van der Waals surface area contributed by atoms with Gasteiger partial charge in [0.05, 0.1) is 22.4 Å². The number of fused-ring (bicyclic) bond motifs is 6. The molecule has 0 saturated carbocycles. The van der Waals surface area contributed by atoms with Crippen molar-refractivity contribution in [3.05, 3.63) is 218 Å². The van der Waals surface area contributed by atoms with Gasteiger partial charge in [0.2, 0.25) is 0 Å². The van der Waals surface area contributed by atoms with Crippen LogP contribution in [0.3, 0.4) is 0 Å². The summed E-state index contributed by atoms with van der Waals surface area (Å²) in [6, 6.07) is 78.2. The van der Waals surface area contributed by atoms with Crippen LogP contribution < -0.4 is 4.90 Å². The van der Waals surface area contributed by atoms with Gasteiger partial charge in [0, 0.05) is 38.5 Å². The standard InChI is InChI=1S/C54H36N2O/c1-4-18-37(19-5-1)39-22-14-25-41(36-39)56(49-33-17-32-48-54(49)44-26-10-12-30-46(44)55(48)40-23-8-3-9-24-40)47-31-15-28-42(52(47)38-20-6-2-7-21-38)43-29-16-35-51-53(43)45-27-11-13-34-50(45)57-51/h1-36H. The summed E-state index contributed by atoms with van der Waals surface area (Å²) in [6.45, 7) is 0. The van der Waals surface area contributed by atoms with Crippen molar-refractivity contribution in [2.45, 2.75) is 0 Å². The predicted octanol–water partition coefficient (Wildman–Crippen LogP) is 15.2. The Morgan fingerprint density at radius 3 is 1.77 bits per heavy atom. The number of hydrogen-bond acceptors (Lipinski definition) is 2. The monoisotopic (exact) mass is 728 g/mol. The fourth-order valence-corrected chi connectivity index (χ4v) is 8.76. The number of nitrogens with zero attached hydrogens (tertiary/aromatic N) is 2. The van der Waals surface area contributed by atoms with Crippen LogP contribution >= 0.6 is 0 Å². The molecular weight excluding hydrogens is 693 g/mol. The van der Waals surface area contributed by atoms with Crippen molar-refractivity contribution in [3.8, 4) is 39.1 Å². The highest BCUT2D eigenvalue weighted by Gasteiger charge is 2.26. The molecule has 3 nitrogen and oxygen atoms in total. The van der Waals surface area contributed by atoms with E-state index >= 15 is 0 Å². The van der Waals surface area contributed by atoms with Crippen molar-refractivity contribution in [1.29, 1.82) is 0 Å². The molecule has 57 heavy (non-hydrogen) atoms. The number of para-hydroxylation sites is 3. The average Bonchev–Trinajstić information content (AvgIpc) is 3.84. The Labute approximate surface area is 330 Å². The quantitative estimate of drug-likeness (QED) is 0.163. The highest BCUT2D eigenvalue weighted by atomic mass is 16.3. The molecule has 11 aromatic rings. The van der Waals surface area contributed by atoms with E-state index in [-0.39, 0.29) is 0 Å². The molecule has 0 radical (unpaired) electrons. The van der Waals surface area contributed by atoms with Crippen LogP contribution in [0.2, 0.25) is 0 Å². The smallest absolute Gasteiger partial charge is 0.136 e. The number of aromatic nitrogens is 1. The highest BCUT2D eigenvalue weighted by Crippen LogP contribution is 2.50. The molecule has 0 fully saturated rings.